The maximum Gasteiger partial charge on any atom is 0.134 e. The molecule has 0 saturated carbocycles. The molecule has 0 heterocycles. The van der Waals surface area contributed by atoms with Gasteiger partial charge in [0.05, 0.1) is 0 Å². The van der Waals surface area contributed by atoms with Gasteiger partial charge in [0.25, 0.3) is 0 Å². The fourth-order valence-electron chi connectivity index (χ4n) is 4.55. The quantitative estimate of drug-likeness (QED) is 0.158. The normalized spacial score (nSPS) is 11.3. The zero-order chi connectivity index (χ0) is 24.8. The highest BCUT2D eigenvalue weighted by molar-refractivity contribution is 5.84. The summed E-state index contributed by atoms with van der Waals surface area (Å²) in [5.74, 6) is -1.53. The number of fused-ring (bicyclic) bond motifs is 1. The smallest absolute Gasteiger partial charge is 0.134 e. The van der Waals surface area contributed by atoms with E-state index in [0.29, 0.717) is 42.2 Å². The number of hydrogen-bond acceptors (Lipinski definition) is 0. The van der Waals surface area contributed by atoms with Crippen LogP contribution in [0.15, 0.2) is 66.7 Å². The topological polar surface area (TPSA) is 0 Å². The Morgan fingerprint density at radius 3 is 1.97 bits per heavy atom. The van der Waals surface area contributed by atoms with Crippen LogP contribution >= 0.6 is 0 Å². The first-order chi connectivity index (χ1) is 16.9. The minimum atomic E-state index is -0.492. The summed E-state index contributed by atoms with van der Waals surface area (Å²) in [7, 11) is 0. The number of benzene rings is 4. The molecule has 0 aliphatic rings. The van der Waals surface area contributed by atoms with Gasteiger partial charge in [0.2, 0.25) is 0 Å². The Morgan fingerprint density at radius 2 is 1.26 bits per heavy atom. The van der Waals surface area contributed by atoms with Crippen molar-refractivity contribution in [2.75, 3.05) is 0 Å². The fourth-order valence-corrected chi connectivity index (χ4v) is 4.55. The van der Waals surface area contributed by atoms with Gasteiger partial charge in [-0.3, -0.25) is 0 Å². The van der Waals surface area contributed by atoms with Gasteiger partial charge in [-0.05, 0) is 90.4 Å². The fraction of sp³-hybridized carbons (Fsp3) is 0.290. The molecule has 4 aromatic rings. The SMILES string of the molecule is CCCCCc1cc(F)c(CCc2ccc3c(F)c(CCc4ccc(F)cc4)ccc3c2)c(F)c1. The van der Waals surface area contributed by atoms with Crippen molar-refractivity contribution in [1.29, 1.82) is 0 Å². The molecule has 0 radical (unpaired) electrons. The van der Waals surface area contributed by atoms with E-state index in [4.69, 9.17) is 0 Å². The maximum absolute atomic E-state index is 15.1. The molecule has 4 aromatic carbocycles. The van der Waals surface area contributed by atoms with Crippen LogP contribution in [0.3, 0.4) is 0 Å². The zero-order valence-electron chi connectivity index (χ0n) is 20.0. The molecule has 0 fully saturated rings. The maximum atomic E-state index is 15.1. The Kier molecular flexibility index (Phi) is 8.22. The summed E-state index contributed by atoms with van der Waals surface area (Å²) in [4.78, 5) is 0. The first-order valence-corrected chi connectivity index (χ1v) is 12.4. The van der Waals surface area contributed by atoms with Crippen molar-refractivity contribution in [3.05, 3.63) is 118 Å². The Bertz CT molecular complexity index is 1270. The molecule has 0 aromatic heterocycles. The van der Waals surface area contributed by atoms with Crippen molar-refractivity contribution in [3.63, 3.8) is 0 Å². The van der Waals surface area contributed by atoms with Crippen molar-refractivity contribution in [2.24, 2.45) is 0 Å². The van der Waals surface area contributed by atoms with E-state index in [1.807, 2.05) is 18.2 Å². The third kappa shape index (κ3) is 6.30. The second-order valence-electron chi connectivity index (χ2n) is 9.22. The average molecular weight is 479 g/mol. The Labute approximate surface area is 204 Å². The van der Waals surface area contributed by atoms with Crippen LogP contribution in [0.1, 0.15) is 54.0 Å². The lowest BCUT2D eigenvalue weighted by Crippen LogP contribution is -2.01. The van der Waals surface area contributed by atoms with Gasteiger partial charge in [-0.1, -0.05) is 62.2 Å². The van der Waals surface area contributed by atoms with E-state index < -0.39 is 11.6 Å². The minimum absolute atomic E-state index is 0.103. The van der Waals surface area contributed by atoms with E-state index in [1.54, 1.807) is 24.3 Å². The molecule has 0 N–H and O–H groups in total. The van der Waals surface area contributed by atoms with Crippen LogP contribution in [0, 0.1) is 23.3 Å². The first kappa shape index (κ1) is 25.0. The van der Waals surface area contributed by atoms with Crippen molar-refractivity contribution in [3.8, 4) is 0 Å². The third-order valence-corrected chi connectivity index (χ3v) is 6.63. The summed E-state index contributed by atoms with van der Waals surface area (Å²) in [6.07, 6.45) is 5.57. The highest BCUT2D eigenvalue weighted by Gasteiger charge is 2.13. The van der Waals surface area contributed by atoms with E-state index in [9.17, 15) is 13.2 Å². The molecule has 0 amide bonds. The van der Waals surface area contributed by atoms with Crippen LogP contribution in [0.2, 0.25) is 0 Å². The van der Waals surface area contributed by atoms with Crippen LogP contribution in [0.4, 0.5) is 17.6 Å². The zero-order valence-corrected chi connectivity index (χ0v) is 20.0. The number of halogens is 4. The van der Waals surface area contributed by atoms with E-state index in [2.05, 4.69) is 6.92 Å². The van der Waals surface area contributed by atoms with Gasteiger partial charge in [0.1, 0.15) is 23.3 Å². The summed E-state index contributed by atoms with van der Waals surface area (Å²) < 4.78 is 57.4. The lowest BCUT2D eigenvalue weighted by molar-refractivity contribution is 0.550. The van der Waals surface area contributed by atoms with Gasteiger partial charge in [0, 0.05) is 10.9 Å². The van der Waals surface area contributed by atoms with E-state index in [-0.39, 0.29) is 23.6 Å². The Balaban J connectivity index is 1.43. The summed E-state index contributed by atoms with van der Waals surface area (Å²) in [5, 5.41) is 1.29. The molecule has 35 heavy (non-hydrogen) atoms. The molecule has 0 spiro atoms. The van der Waals surface area contributed by atoms with Crippen LogP contribution in [-0.4, -0.2) is 0 Å². The first-order valence-electron chi connectivity index (χ1n) is 12.4. The highest BCUT2D eigenvalue weighted by atomic mass is 19.1. The molecule has 0 saturated heterocycles. The molecule has 0 aliphatic carbocycles. The molecule has 0 bridgehead atoms. The molecule has 4 rings (SSSR count). The second kappa shape index (κ2) is 11.5. The van der Waals surface area contributed by atoms with Gasteiger partial charge in [-0.15, -0.1) is 0 Å². The van der Waals surface area contributed by atoms with Crippen LogP contribution in [0.25, 0.3) is 10.8 Å². The molecule has 0 nitrogen and oxygen atoms in total. The predicted molar refractivity (Wildman–Crippen MR) is 135 cm³/mol. The largest absolute Gasteiger partial charge is 0.207 e. The van der Waals surface area contributed by atoms with Crippen molar-refractivity contribution < 1.29 is 17.6 Å². The third-order valence-electron chi connectivity index (χ3n) is 6.63. The monoisotopic (exact) mass is 478 g/mol. The Morgan fingerprint density at radius 1 is 0.571 bits per heavy atom. The summed E-state index contributed by atoms with van der Waals surface area (Å²) in [6.45, 7) is 2.10. The second-order valence-corrected chi connectivity index (χ2v) is 9.22. The number of unbranched alkanes of at least 4 members (excludes halogenated alkanes) is 2. The van der Waals surface area contributed by atoms with Crippen LogP contribution in [-0.2, 0) is 32.1 Å². The van der Waals surface area contributed by atoms with Gasteiger partial charge >= 0.3 is 0 Å². The number of hydrogen-bond donors (Lipinski definition) is 0. The van der Waals surface area contributed by atoms with Crippen LogP contribution in [0.5, 0.6) is 0 Å². The Hall–Kier alpha value is -3.14. The summed E-state index contributed by atoms with van der Waals surface area (Å²) >= 11 is 0. The lowest BCUT2D eigenvalue weighted by Gasteiger charge is -2.11. The molecule has 0 unspecified atom stereocenters. The summed E-state index contributed by atoms with van der Waals surface area (Å²) in [6, 6.07) is 18.3. The average Bonchev–Trinajstić information content (AvgIpc) is 2.84. The highest BCUT2D eigenvalue weighted by Crippen LogP contribution is 2.25. The van der Waals surface area contributed by atoms with E-state index in [0.717, 1.165) is 35.8 Å². The lowest BCUT2D eigenvalue weighted by atomic mass is 9.96. The summed E-state index contributed by atoms with van der Waals surface area (Å²) in [5.41, 5.74) is 3.27. The van der Waals surface area contributed by atoms with Gasteiger partial charge in [-0.25, -0.2) is 17.6 Å². The molecule has 0 aliphatic heterocycles. The molecular formula is C31H30F4. The number of aryl methyl sites for hydroxylation is 4. The van der Waals surface area contributed by atoms with Crippen molar-refractivity contribution in [2.45, 2.75) is 58.3 Å². The van der Waals surface area contributed by atoms with Crippen molar-refractivity contribution >= 4 is 10.8 Å². The molecular weight excluding hydrogens is 448 g/mol. The van der Waals surface area contributed by atoms with Gasteiger partial charge in [-0.2, -0.15) is 0 Å². The molecule has 182 valence electrons. The number of rotatable bonds is 10. The van der Waals surface area contributed by atoms with Crippen molar-refractivity contribution in [1.82, 2.24) is 0 Å². The van der Waals surface area contributed by atoms with Crippen LogP contribution < -0.4 is 0 Å². The molecule has 0 atom stereocenters. The van der Waals surface area contributed by atoms with E-state index >= 15 is 4.39 Å². The minimum Gasteiger partial charge on any atom is -0.207 e. The predicted octanol–water partition coefficient (Wildman–Crippen LogP) is 8.70. The molecule has 4 heteroatoms. The van der Waals surface area contributed by atoms with Gasteiger partial charge < -0.3 is 0 Å². The van der Waals surface area contributed by atoms with Gasteiger partial charge in [0.15, 0.2) is 0 Å². The van der Waals surface area contributed by atoms with E-state index in [1.165, 1.54) is 24.3 Å². The standard InChI is InChI=1S/C31H30F4/c1-2-3-4-5-23-19-29(33)28(30(34)20-23)17-10-22-9-16-27-25(18-22)13-12-24(31(27)35)11-6-21-7-14-26(32)15-8-21/h7-9,12-16,18-20H,2-6,10-11,17H2,1H3.